The van der Waals surface area contributed by atoms with E-state index in [1.165, 1.54) is 31.3 Å². The molecule has 0 saturated heterocycles. The standard InChI is InChI=1S/C20H18ClN3O4S/c1-22-29(27,28)16-9-10-18(21)17(12-16)20(26)23-15-7-5-14(6-8-15)13-24-11-3-2-4-19(24)25/h2-12,22H,13H2,1H3,(H,23,26). The van der Waals surface area contributed by atoms with Crippen LogP contribution in [0.1, 0.15) is 15.9 Å². The highest BCUT2D eigenvalue weighted by Gasteiger charge is 2.17. The molecule has 3 aromatic rings. The first kappa shape index (κ1) is 20.8. The number of amides is 1. The number of sulfonamides is 1. The second kappa shape index (κ2) is 8.60. The Kier molecular flexibility index (Phi) is 6.17. The first-order valence-electron chi connectivity index (χ1n) is 8.59. The van der Waals surface area contributed by atoms with Gasteiger partial charge < -0.3 is 9.88 Å². The number of halogens is 1. The van der Waals surface area contributed by atoms with Crippen LogP contribution in [0.2, 0.25) is 5.02 Å². The number of pyridine rings is 1. The molecule has 0 bridgehead atoms. The molecule has 1 heterocycles. The van der Waals surface area contributed by atoms with E-state index in [9.17, 15) is 18.0 Å². The van der Waals surface area contributed by atoms with Crippen molar-refractivity contribution in [1.82, 2.24) is 9.29 Å². The first-order chi connectivity index (χ1) is 13.8. The largest absolute Gasteiger partial charge is 0.322 e. The lowest BCUT2D eigenvalue weighted by Crippen LogP contribution is -2.20. The molecule has 9 heteroatoms. The average Bonchev–Trinajstić information content (AvgIpc) is 2.71. The van der Waals surface area contributed by atoms with Crippen molar-refractivity contribution in [2.24, 2.45) is 0 Å². The van der Waals surface area contributed by atoms with Crippen LogP contribution in [0.3, 0.4) is 0 Å². The van der Waals surface area contributed by atoms with Crippen molar-refractivity contribution < 1.29 is 13.2 Å². The summed E-state index contributed by atoms with van der Waals surface area (Å²) in [4.78, 5) is 24.3. The second-order valence-corrected chi connectivity index (χ2v) is 8.46. The summed E-state index contributed by atoms with van der Waals surface area (Å²) in [5.74, 6) is -0.532. The molecular weight excluding hydrogens is 414 g/mol. The van der Waals surface area contributed by atoms with Crippen LogP contribution in [-0.2, 0) is 16.6 Å². The van der Waals surface area contributed by atoms with E-state index in [1.54, 1.807) is 47.2 Å². The summed E-state index contributed by atoms with van der Waals surface area (Å²) in [7, 11) is -2.41. The number of hydrogen-bond donors (Lipinski definition) is 2. The summed E-state index contributed by atoms with van der Waals surface area (Å²) in [6.45, 7) is 0.406. The molecule has 1 aromatic heterocycles. The molecule has 2 N–H and O–H groups in total. The van der Waals surface area contributed by atoms with Gasteiger partial charge in [0.05, 0.1) is 22.0 Å². The predicted octanol–water partition coefficient (Wildman–Crippen LogP) is 2.71. The molecule has 3 rings (SSSR count). The fraction of sp³-hybridized carbons (Fsp3) is 0.100. The highest BCUT2D eigenvalue weighted by atomic mass is 35.5. The second-order valence-electron chi connectivity index (χ2n) is 6.17. The molecule has 0 saturated carbocycles. The third-order valence-electron chi connectivity index (χ3n) is 4.23. The van der Waals surface area contributed by atoms with E-state index in [0.29, 0.717) is 12.2 Å². The predicted molar refractivity (Wildman–Crippen MR) is 112 cm³/mol. The van der Waals surface area contributed by atoms with Gasteiger partial charge in [-0.2, -0.15) is 0 Å². The van der Waals surface area contributed by atoms with Gasteiger partial charge in [-0.1, -0.05) is 29.8 Å². The summed E-state index contributed by atoms with van der Waals surface area (Å²) >= 11 is 6.07. The van der Waals surface area contributed by atoms with Gasteiger partial charge in [0.2, 0.25) is 10.0 Å². The van der Waals surface area contributed by atoms with Crippen LogP contribution < -0.4 is 15.6 Å². The molecule has 0 unspecified atom stereocenters. The minimum absolute atomic E-state index is 0.0444. The maximum Gasteiger partial charge on any atom is 0.257 e. The van der Waals surface area contributed by atoms with Gasteiger partial charge in [-0.3, -0.25) is 9.59 Å². The van der Waals surface area contributed by atoms with Crippen molar-refractivity contribution in [2.75, 3.05) is 12.4 Å². The Morgan fingerprint density at radius 3 is 2.45 bits per heavy atom. The van der Waals surface area contributed by atoms with Crippen LogP contribution in [-0.4, -0.2) is 25.9 Å². The third kappa shape index (κ3) is 4.92. The number of rotatable bonds is 6. The molecule has 0 radical (unpaired) electrons. The van der Waals surface area contributed by atoms with Crippen molar-refractivity contribution in [3.63, 3.8) is 0 Å². The summed E-state index contributed by atoms with van der Waals surface area (Å²) in [5, 5.41) is 2.83. The maximum absolute atomic E-state index is 12.6. The SMILES string of the molecule is CNS(=O)(=O)c1ccc(Cl)c(C(=O)Nc2ccc(Cn3ccccc3=O)cc2)c1. The summed E-state index contributed by atoms with van der Waals surface area (Å²) in [6, 6.07) is 15.8. The highest BCUT2D eigenvalue weighted by molar-refractivity contribution is 7.89. The fourth-order valence-corrected chi connectivity index (χ4v) is 3.60. The van der Waals surface area contributed by atoms with Crippen LogP contribution in [0.4, 0.5) is 5.69 Å². The topological polar surface area (TPSA) is 97.3 Å². The number of aromatic nitrogens is 1. The minimum Gasteiger partial charge on any atom is -0.322 e. The van der Waals surface area contributed by atoms with Crippen molar-refractivity contribution in [3.8, 4) is 0 Å². The van der Waals surface area contributed by atoms with Gasteiger partial charge in [-0.25, -0.2) is 13.1 Å². The molecule has 0 fully saturated rings. The fourth-order valence-electron chi connectivity index (χ4n) is 2.64. The van der Waals surface area contributed by atoms with E-state index in [0.717, 1.165) is 5.56 Å². The molecule has 1 amide bonds. The van der Waals surface area contributed by atoms with Crippen molar-refractivity contribution in [3.05, 3.63) is 93.4 Å². The molecule has 29 heavy (non-hydrogen) atoms. The number of nitrogens with one attached hydrogen (secondary N) is 2. The number of benzene rings is 2. The number of carbonyl (C=O) groups excluding carboxylic acids is 1. The lowest BCUT2D eigenvalue weighted by molar-refractivity contribution is 0.102. The quantitative estimate of drug-likeness (QED) is 0.627. The Balaban J connectivity index is 1.77. The smallest absolute Gasteiger partial charge is 0.257 e. The van der Waals surface area contributed by atoms with Gasteiger partial charge in [0, 0.05) is 18.0 Å². The molecule has 0 aliphatic rings. The van der Waals surface area contributed by atoms with E-state index >= 15 is 0 Å². The van der Waals surface area contributed by atoms with Gasteiger partial charge in [0.15, 0.2) is 0 Å². The van der Waals surface area contributed by atoms with E-state index in [2.05, 4.69) is 10.0 Å². The molecule has 0 spiro atoms. The zero-order chi connectivity index (χ0) is 21.0. The van der Waals surface area contributed by atoms with Crippen LogP contribution in [0, 0.1) is 0 Å². The maximum atomic E-state index is 12.6. The average molecular weight is 432 g/mol. The highest BCUT2D eigenvalue weighted by Crippen LogP contribution is 2.22. The number of carbonyl (C=O) groups is 1. The molecule has 150 valence electrons. The zero-order valence-corrected chi connectivity index (χ0v) is 17.0. The Morgan fingerprint density at radius 2 is 1.79 bits per heavy atom. The molecule has 7 nitrogen and oxygen atoms in total. The Hall–Kier alpha value is -2.94. The van der Waals surface area contributed by atoms with Crippen LogP contribution in [0.15, 0.2) is 76.6 Å². The Labute approximate surface area is 173 Å². The molecule has 0 aliphatic carbocycles. The molecule has 2 aromatic carbocycles. The lowest BCUT2D eigenvalue weighted by atomic mass is 10.1. The number of hydrogen-bond acceptors (Lipinski definition) is 4. The minimum atomic E-state index is -3.70. The third-order valence-corrected chi connectivity index (χ3v) is 5.97. The molecular formula is C20H18ClN3O4S. The van der Waals surface area contributed by atoms with Gasteiger partial charge in [0.1, 0.15) is 0 Å². The van der Waals surface area contributed by atoms with Crippen molar-refractivity contribution in [2.45, 2.75) is 11.4 Å². The Bertz CT molecular complexity index is 1200. The lowest BCUT2D eigenvalue weighted by Gasteiger charge is -2.10. The van der Waals surface area contributed by atoms with Gasteiger partial charge >= 0.3 is 0 Å². The van der Waals surface area contributed by atoms with Gasteiger partial charge in [0.25, 0.3) is 11.5 Å². The summed E-state index contributed by atoms with van der Waals surface area (Å²) in [5.41, 5.74) is 1.34. The van der Waals surface area contributed by atoms with E-state index in [1.807, 2.05) is 0 Å². The summed E-state index contributed by atoms with van der Waals surface area (Å²) < 4.78 is 27.7. The van der Waals surface area contributed by atoms with Crippen LogP contribution in [0.5, 0.6) is 0 Å². The van der Waals surface area contributed by atoms with E-state index in [4.69, 9.17) is 11.6 Å². The normalized spacial score (nSPS) is 11.2. The zero-order valence-electron chi connectivity index (χ0n) is 15.4. The molecule has 0 aliphatic heterocycles. The van der Waals surface area contributed by atoms with E-state index in [-0.39, 0.29) is 21.0 Å². The van der Waals surface area contributed by atoms with Crippen molar-refractivity contribution in [1.29, 1.82) is 0 Å². The molecule has 0 atom stereocenters. The number of nitrogens with zero attached hydrogens (tertiary/aromatic N) is 1. The van der Waals surface area contributed by atoms with E-state index < -0.39 is 15.9 Å². The van der Waals surface area contributed by atoms with Crippen LogP contribution >= 0.6 is 11.6 Å². The van der Waals surface area contributed by atoms with Crippen LogP contribution in [0.25, 0.3) is 0 Å². The van der Waals surface area contributed by atoms with Crippen molar-refractivity contribution >= 4 is 33.2 Å². The first-order valence-corrected chi connectivity index (χ1v) is 10.4. The van der Waals surface area contributed by atoms with Gasteiger partial charge in [-0.05, 0) is 49.0 Å². The van der Waals surface area contributed by atoms with Gasteiger partial charge in [-0.15, -0.1) is 0 Å². The summed E-state index contributed by atoms with van der Waals surface area (Å²) in [6.07, 6.45) is 1.70. The number of anilines is 1. The monoisotopic (exact) mass is 431 g/mol. The Morgan fingerprint density at radius 1 is 1.07 bits per heavy atom.